The Morgan fingerprint density at radius 3 is 2.00 bits per heavy atom. The summed E-state index contributed by atoms with van der Waals surface area (Å²) < 4.78 is 38.6. The van der Waals surface area contributed by atoms with Crippen molar-refractivity contribution in [2.75, 3.05) is 18.0 Å². The van der Waals surface area contributed by atoms with Crippen LogP contribution in [0.15, 0.2) is 12.1 Å². The van der Waals surface area contributed by atoms with Gasteiger partial charge in [0.2, 0.25) is 0 Å². The third-order valence-corrected chi connectivity index (χ3v) is 3.09. The van der Waals surface area contributed by atoms with Crippen LogP contribution in [-0.4, -0.2) is 22.9 Å². The Labute approximate surface area is 134 Å². The number of nitrogens with zero attached hydrogens (tertiary/aromatic N) is 4. The molecule has 0 heterocycles. The van der Waals surface area contributed by atoms with Crippen LogP contribution in [0, 0.1) is 31.6 Å². The van der Waals surface area contributed by atoms with E-state index in [9.17, 15) is 33.4 Å². The van der Waals surface area contributed by atoms with Crippen molar-refractivity contribution in [3.05, 3.63) is 37.9 Å². The predicted molar refractivity (Wildman–Crippen MR) is 77.5 cm³/mol. The second kappa shape index (κ2) is 7.58. The Morgan fingerprint density at radius 1 is 1.17 bits per heavy atom. The fourth-order valence-electron chi connectivity index (χ4n) is 2.16. The molecule has 0 saturated heterocycles. The first kappa shape index (κ1) is 19.1. The van der Waals surface area contributed by atoms with Crippen LogP contribution in [0.4, 0.5) is 30.2 Å². The molecule has 0 bridgehead atoms. The Bertz CT molecular complexity index is 650. The highest BCUT2D eigenvalue weighted by atomic mass is 19.4. The molecule has 8 nitrogen and oxygen atoms in total. The molecule has 1 aromatic carbocycles. The van der Waals surface area contributed by atoms with Gasteiger partial charge < -0.3 is 4.90 Å². The molecule has 0 spiro atoms. The maximum atomic E-state index is 12.9. The lowest BCUT2D eigenvalue weighted by atomic mass is 10.1. The molecule has 0 atom stereocenters. The van der Waals surface area contributed by atoms with Gasteiger partial charge in [-0.3, -0.25) is 20.2 Å². The van der Waals surface area contributed by atoms with Gasteiger partial charge in [-0.15, -0.1) is 0 Å². The predicted octanol–water partition coefficient (Wildman–Crippen LogP) is 3.65. The van der Waals surface area contributed by atoms with Crippen molar-refractivity contribution in [2.24, 2.45) is 0 Å². The lowest BCUT2D eigenvalue weighted by molar-refractivity contribution is -0.393. The molecule has 0 aliphatic rings. The first-order chi connectivity index (χ1) is 11.1. The highest BCUT2D eigenvalue weighted by molar-refractivity contribution is 5.76. The van der Waals surface area contributed by atoms with Gasteiger partial charge in [0, 0.05) is 25.2 Å². The molecule has 0 amide bonds. The van der Waals surface area contributed by atoms with E-state index in [1.165, 1.54) is 4.90 Å². The summed E-state index contributed by atoms with van der Waals surface area (Å²) in [5, 5.41) is 31.0. The minimum atomic E-state index is -4.96. The fourth-order valence-corrected chi connectivity index (χ4v) is 2.16. The minimum Gasteiger partial charge on any atom is -0.359 e. The van der Waals surface area contributed by atoms with Crippen LogP contribution in [0.3, 0.4) is 0 Å². The quantitative estimate of drug-likeness (QED) is 0.550. The Hall–Kier alpha value is -2.90. The van der Waals surface area contributed by atoms with E-state index in [0.29, 0.717) is 6.42 Å². The van der Waals surface area contributed by atoms with Crippen LogP contribution >= 0.6 is 0 Å². The molecule has 0 aromatic heterocycles. The van der Waals surface area contributed by atoms with Crippen molar-refractivity contribution >= 4 is 17.1 Å². The Kier molecular flexibility index (Phi) is 6.05. The van der Waals surface area contributed by atoms with Gasteiger partial charge in [-0.05, 0) is 6.42 Å². The topological polar surface area (TPSA) is 113 Å². The number of nitro benzene ring substituents is 2. The second-order valence-electron chi connectivity index (χ2n) is 4.77. The van der Waals surface area contributed by atoms with Gasteiger partial charge in [0.15, 0.2) is 5.69 Å². The van der Waals surface area contributed by atoms with E-state index in [0.717, 1.165) is 0 Å². The van der Waals surface area contributed by atoms with Gasteiger partial charge >= 0.3 is 6.18 Å². The molecule has 130 valence electrons. The number of rotatable bonds is 7. The number of alkyl halides is 3. The zero-order chi connectivity index (χ0) is 18.5. The first-order valence-electron chi connectivity index (χ1n) is 6.79. The van der Waals surface area contributed by atoms with Crippen molar-refractivity contribution in [1.29, 1.82) is 5.26 Å². The first-order valence-corrected chi connectivity index (χ1v) is 6.79. The fraction of sp³-hybridized carbons (Fsp3) is 0.462. The molecule has 1 aromatic rings. The van der Waals surface area contributed by atoms with E-state index in [1.807, 2.05) is 0 Å². The molecule has 0 N–H and O–H groups in total. The van der Waals surface area contributed by atoms with Crippen molar-refractivity contribution in [1.82, 2.24) is 0 Å². The van der Waals surface area contributed by atoms with E-state index >= 15 is 0 Å². The van der Waals surface area contributed by atoms with E-state index < -0.39 is 38.6 Å². The van der Waals surface area contributed by atoms with E-state index in [4.69, 9.17) is 5.26 Å². The maximum absolute atomic E-state index is 12.9. The Morgan fingerprint density at radius 2 is 1.67 bits per heavy atom. The normalized spacial score (nSPS) is 11.0. The van der Waals surface area contributed by atoms with Gasteiger partial charge in [-0.25, -0.2) is 0 Å². The number of benzene rings is 1. The van der Waals surface area contributed by atoms with Crippen molar-refractivity contribution in [3.8, 4) is 6.07 Å². The smallest absolute Gasteiger partial charge is 0.359 e. The SMILES string of the molecule is CCCN(CCC#N)c1c([N+](=O)[O-])cc(C(F)(F)F)cc1[N+](=O)[O-]. The number of nitriles is 1. The summed E-state index contributed by atoms with van der Waals surface area (Å²) in [7, 11) is 0. The van der Waals surface area contributed by atoms with Crippen LogP contribution in [-0.2, 0) is 6.18 Å². The third-order valence-electron chi connectivity index (χ3n) is 3.09. The van der Waals surface area contributed by atoms with Crippen LogP contribution in [0.25, 0.3) is 0 Å². The summed E-state index contributed by atoms with van der Waals surface area (Å²) in [6.07, 6.45) is -4.62. The average molecular weight is 346 g/mol. The number of hydrogen-bond acceptors (Lipinski definition) is 6. The summed E-state index contributed by atoms with van der Waals surface area (Å²) in [6.45, 7) is 1.74. The lowest BCUT2D eigenvalue weighted by Crippen LogP contribution is -2.27. The van der Waals surface area contributed by atoms with E-state index in [1.54, 1.807) is 13.0 Å². The molecule has 24 heavy (non-hydrogen) atoms. The van der Waals surface area contributed by atoms with Crippen LogP contribution in [0.2, 0.25) is 0 Å². The lowest BCUT2D eigenvalue weighted by Gasteiger charge is -2.23. The van der Waals surface area contributed by atoms with Gasteiger partial charge in [-0.2, -0.15) is 18.4 Å². The second-order valence-corrected chi connectivity index (χ2v) is 4.77. The van der Waals surface area contributed by atoms with Crippen molar-refractivity contribution in [3.63, 3.8) is 0 Å². The molecule has 1 rings (SSSR count). The number of hydrogen-bond donors (Lipinski definition) is 0. The zero-order valence-corrected chi connectivity index (χ0v) is 12.5. The van der Waals surface area contributed by atoms with Gasteiger partial charge in [0.25, 0.3) is 11.4 Å². The van der Waals surface area contributed by atoms with Gasteiger partial charge in [0.05, 0.1) is 27.9 Å². The summed E-state index contributed by atoms with van der Waals surface area (Å²) >= 11 is 0. The summed E-state index contributed by atoms with van der Waals surface area (Å²) in [5.41, 5.74) is -4.01. The van der Waals surface area contributed by atoms with E-state index in [-0.39, 0.29) is 31.6 Å². The molecule has 0 aliphatic carbocycles. The molecular formula is C13H13F3N4O4. The highest BCUT2D eigenvalue weighted by Gasteiger charge is 2.39. The monoisotopic (exact) mass is 346 g/mol. The third kappa shape index (κ3) is 4.31. The van der Waals surface area contributed by atoms with Crippen molar-refractivity contribution in [2.45, 2.75) is 25.9 Å². The van der Waals surface area contributed by atoms with Crippen LogP contribution in [0.1, 0.15) is 25.3 Å². The van der Waals surface area contributed by atoms with Crippen molar-refractivity contribution < 1.29 is 23.0 Å². The van der Waals surface area contributed by atoms with Crippen LogP contribution < -0.4 is 4.90 Å². The standard InChI is InChI=1S/C13H13F3N4O4/c1-2-5-18(6-3-4-17)12-10(19(21)22)7-9(13(14,15)16)8-11(12)20(23)24/h7-8H,2-3,5-6H2,1H3. The summed E-state index contributed by atoms with van der Waals surface area (Å²) in [6, 6.07) is 2.35. The number of halogens is 3. The molecule has 0 saturated carbocycles. The summed E-state index contributed by atoms with van der Waals surface area (Å²) in [4.78, 5) is 21.4. The van der Waals surface area contributed by atoms with Crippen LogP contribution in [0.5, 0.6) is 0 Å². The molecule has 0 fully saturated rings. The van der Waals surface area contributed by atoms with Gasteiger partial charge in [-0.1, -0.05) is 6.92 Å². The Balaban J connectivity index is 3.68. The highest BCUT2D eigenvalue weighted by Crippen LogP contribution is 2.43. The van der Waals surface area contributed by atoms with Gasteiger partial charge in [0.1, 0.15) is 0 Å². The minimum absolute atomic E-state index is 0.0720. The largest absolute Gasteiger partial charge is 0.416 e. The number of nitro groups is 2. The summed E-state index contributed by atoms with van der Waals surface area (Å²) in [5.74, 6) is 0. The molecular weight excluding hydrogens is 333 g/mol. The maximum Gasteiger partial charge on any atom is 0.416 e. The average Bonchev–Trinajstić information content (AvgIpc) is 2.49. The molecule has 11 heteroatoms. The zero-order valence-electron chi connectivity index (χ0n) is 12.5. The van der Waals surface area contributed by atoms with E-state index in [2.05, 4.69) is 0 Å². The molecule has 0 radical (unpaired) electrons. The molecule has 0 unspecified atom stereocenters. The number of anilines is 1. The molecule has 0 aliphatic heterocycles.